The second-order valence-electron chi connectivity index (χ2n) is 9.10. The molecule has 0 spiro atoms. The Labute approximate surface area is 200 Å². The highest BCUT2D eigenvalue weighted by atomic mass is 16.5. The van der Waals surface area contributed by atoms with E-state index in [-0.39, 0.29) is 6.61 Å². The van der Waals surface area contributed by atoms with Crippen molar-refractivity contribution in [2.24, 2.45) is 0 Å². The number of nitrogens with zero attached hydrogens (tertiary/aromatic N) is 4. The summed E-state index contributed by atoms with van der Waals surface area (Å²) in [4.78, 5) is 13.4. The summed E-state index contributed by atoms with van der Waals surface area (Å²) < 4.78 is 7.58. The minimum atomic E-state index is -0.726. The van der Waals surface area contributed by atoms with Gasteiger partial charge < -0.3 is 20.3 Å². The molecule has 2 aromatic heterocycles. The van der Waals surface area contributed by atoms with Gasteiger partial charge in [-0.15, -0.1) is 0 Å². The molecule has 0 radical (unpaired) electrons. The van der Waals surface area contributed by atoms with Crippen LogP contribution in [0.4, 0.5) is 5.82 Å². The highest BCUT2D eigenvalue weighted by Gasteiger charge is 2.35. The van der Waals surface area contributed by atoms with Gasteiger partial charge in [0.1, 0.15) is 18.7 Å². The molecule has 3 N–H and O–H groups in total. The zero-order valence-electron chi connectivity index (χ0n) is 18.8. The molecular weight excluding hydrogens is 442 g/mol. The van der Waals surface area contributed by atoms with E-state index in [0.29, 0.717) is 29.9 Å². The number of aliphatic hydroxyl groups is 2. The zero-order chi connectivity index (χ0) is 23.5. The van der Waals surface area contributed by atoms with Gasteiger partial charge in [0.25, 0.3) is 0 Å². The van der Waals surface area contributed by atoms with Crippen molar-refractivity contribution in [2.45, 2.75) is 31.4 Å². The average molecular weight is 466 g/mol. The smallest absolute Gasteiger partial charge is 0.167 e. The number of benzene rings is 4. The highest BCUT2D eigenvalue weighted by molar-refractivity contribution is 6.23. The van der Waals surface area contributed by atoms with Gasteiger partial charge in [-0.3, -0.25) is 4.57 Å². The van der Waals surface area contributed by atoms with Gasteiger partial charge in [0, 0.05) is 13.0 Å². The van der Waals surface area contributed by atoms with Crippen LogP contribution in [0, 0.1) is 0 Å². The quantitative estimate of drug-likeness (QED) is 0.331. The third-order valence-corrected chi connectivity index (χ3v) is 7.12. The number of rotatable bonds is 5. The van der Waals surface area contributed by atoms with Gasteiger partial charge in [0.05, 0.1) is 19.0 Å². The molecule has 0 aliphatic carbocycles. The largest absolute Gasteiger partial charge is 0.394 e. The molecule has 1 fully saturated rings. The molecule has 8 nitrogen and oxygen atoms in total. The van der Waals surface area contributed by atoms with Crippen molar-refractivity contribution in [2.75, 3.05) is 11.9 Å². The number of fused-ring (bicyclic) bond motifs is 1. The van der Waals surface area contributed by atoms with E-state index in [4.69, 9.17) is 4.74 Å². The number of hydrogen-bond acceptors (Lipinski definition) is 7. The summed E-state index contributed by atoms with van der Waals surface area (Å²) in [6.45, 7) is 0.351. The first-order valence-corrected chi connectivity index (χ1v) is 11.7. The van der Waals surface area contributed by atoms with Crippen molar-refractivity contribution in [3.63, 3.8) is 0 Å². The number of nitrogens with one attached hydrogen (secondary N) is 1. The highest BCUT2D eigenvalue weighted by Crippen LogP contribution is 2.36. The Morgan fingerprint density at radius 2 is 1.71 bits per heavy atom. The van der Waals surface area contributed by atoms with E-state index in [1.165, 1.54) is 44.2 Å². The Balaban J connectivity index is 1.24. The Morgan fingerprint density at radius 1 is 0.943 bits per heavy atom. The summed E-state index contributed by atoms with van der Waals surface area (Å²) in [5.74, 6) is 0.636. The fraction of sp³-hybridized carbons (Fsp3) is 0.222. The van der Waals surface area contributed by atoms with Gasteiger partial charge in [0.15, 0.2) is 17.0 Å². The Kier molecular flexibility index (Phi) is 4.60. The molecule has 3 heterocycles. The topological polar surface area (TPSA) is 105 Å². The Morgan fingerprint density at radius 3 is 2.51 bits per heavy atom. The minimum Gasteiger partial charge on any atom is -0.394 e. The second kappa shape index (κ2) is 7.84. The van der Waals surface area contributed by atoms with Gasteiger partial charge in [-0.25, -0.2) is 15.0 Å². The molecule has 174 valence electrons. The number of hydrogen-bond donors (Lipinski definition) is 3. The normalized spacial score (nSPS) is 20.6. The van der Waals surface area contributed by atoms with E-state index in [2.05, 4.69) is 74.9 Å². The first-order chi connectivity index (χ1) is 17.2. The molecule has 0 unspecified atom stereocenters. The van der Waals surface area contributed by atoms with E-state index in [0.717, 1.165) is 0 Å². The predicted octanol–water partition coefficient (Wildman–Crippen LogP) is 3.98. The molecule has 0 bridgehead atoms. The van der Waals surface area contributed by atoms with Gasteiger partial charge in [-0.2, -0.15) is 0 Å². The van der Waals surface area contributed by atoms with Gasteiger partial charge in [0.2, 0.25) is 0 Å². The lowest BCUT2D eigenvalue weighted by Crippen LogP contribution is -2.24. The van der Waals surface area contributed by atoms with Crippen molar-refractivity contribution in [1.29, 1.82) is 0 Å². The predicted molar refractivity (Wildman–Crippen MR) is 134 cm³/mol. The number of ether oxygens (including phenoxy) is 1. The Hall–Kier alpha value is -3.85. The van der Waals surface area contributed by atoms with Crippen LogP contribution in [0.15, 0.2) is 67.3 Å². The monoisotopic (exact) mass is 465 g/mol. The first kappa shape index (κ1) is 20.5. The summed E-state index contributed by atoms with van der Waals surface area (Å²) in [6, 6.07) is 19.5. The lowest BCUT2D eigenvalue weighted by atomic mass is 9.92. The van der Waals surface area contributed by atoms with Crippen LogP contribution >= 0.6 is 0 Å². The fourth-order valence-electron chi connectivity index (χ4n) is 5.37. The molecule has 6 aromatic rings. The van der Waals surface area contributed by atoms with Crippen LogP contribution in [0.3, 0.4) is 0 Å². The zero-order valence-corrected chi connectivity index (χ0v) is 18.8. The molecule has 0 saturated carbocycles. The van der Waals surface area contributed by atoms with Crippen molar-refractivity contribution < 1.29 is 14.9 Å². The molecule has 1 aliphatic rings. The standard InChI is InChI=1S/C27H23N5O3/c33-12-21-20(34)10-22(35-21)32-14-31-25-26(29-13-30-27(25)32)28-11-18-7-6-17-5-4-15-2-1-3-16-8-9-19(18)24(17)23(15)16/h1-9,13-14,20-22,33-34H,10-12H2,(H,28,29,30)/t20-,21+,22+/m0/s1. The maximum Gasteiger partial charge on any atom is 0.167 e. The molecule has 0 amide bonds. The molecule has 35 heavy (non-hydrogen) atoms. The van der Waals surface area contributed by atoms with Crippen molar-refractivity contribution >= 4 is 49.3 Å². The number of imidazole rings is 1. The number of aromatic nitrogens is 4. The summed E-state index contributed by atoms with van der Waals surface area (Å²) in [7, 11) is 0. The minimum absolute atomic E-state index is 0.231. The molecular formula is C27H23N5O3. The lowest BCUT2D eigenvalue weighted by Gasteiger charge is -2.15. The Bertz CT molecular complexity index is 1680. The summed E-state index contributed by atoms with van der Waals surface area (Å²) in [5, 5.41) is 30.5. The van der Waals surface area contributed by atoms with Crippen molar-refractivity contribution in [1.82, 2.24) is 19.5 Å². The first-order valence-electron chi connectivity index (χ1n) is 11.7. The number of aliphatic hydroxyl groups excluding tert-OH is 2. The second-order valence-corrected chi connectivity index (χ2v) is 9.10. The average Bonchev–Trinajstić information content (AvgIpc) is 3.49. The SMILES string of the molecule is OC[C@H]1O[C@@H](n2cnc3c(NCc4ccc5ccc6cccc7ccc4c5c67)ncnc32)C[C@@H]1O. The van der Waals surface area contributed by atoms with Crippen LogP contribution in [-0.4, -0.2) is 48.5 Å². The lowest BCUT2D eigenvalue weighted by molar-refractivity contribution is -0.0432. The van der Waals surface area contributed by atoms with Gasteiger partial charge in [-0.1, -0.05) is 54.6 Å². The number of anilines is 1. The van der Waals surface area contributed by atoms with E-state index >= 15 is 0 Å². The maximum atomic E-state index is 10.1. The summed E-state index contributed by atoms with van der Waals surface area (Å²) in [6.07, 6.45) is 1.75. The van der Waals surface area contributed by atoms with Crippen molar-refractivity contribution in [3.8, 4) is 0 Å². The van der Waals surface area contributed by atoms with E-state index in [9.17, 15) is 10.2 Å². The van der Waals surface area contributed by atoms with Crippen LogP contribution in [0.5, 0.6) is 0 Å². The summed E-state index contributed by atoms with van der Waals surface area (Å²) >= 11 is 0. The maximum absolute atomic E-state index is 10.1. The molecule has 7 rings (SSSR count). The van der Waals surface area contributed by atoms with Gasteiger partial charge >= 0.3 is 0 Å². The summed E-state index contributed by atoms with van der Waals surface area (Å²) in [5.41, 5.74) is 2.43. The third-order valence-electron chi connectivity index (χ3n) is 7.12. The van der Waals surface area contributed by atoms with Crippen LogP contribution in [0.2, 0.25) is 0 Å². The van der Waals surface area contributed by atoms with Crippen LogP contribution in [-0.2, 0) is 11.3 Å². The molecule has 3 atom stereocenters. The van der Waals surface area contributed by atoms with Crippen LogP contribution in [0.25, 0.3) is 43.5 Å². The fourth-order valence-corrected chi connectivity index (χ4v) is 5.37. The molecule has 8 heteroatoms. The van der Waals surface area contributed by atoms with Gasteiger partial charge in [-0.05, 0) is 37.9 Å². The van der Waals surface area contributed by atoms with E-state index in [1.807, 2.05) is 0 Å². The molecule has 4 aromatic carbocycles. The van der Waals surface area contributed by atoms with E-state index < -0.39 is 18.4 Å². The molecule has 1 aliphatic heterocycles. The molecule has 1 saturated heterocycles. The van der Waals surface area contributed by atoms with Crippen molar-refractivity contribution in [3.05, 3.63) is 72.8 Å². The third kappa shape index (κ3) is 3.15. The van der Waals surface area contributed by atoms with Crippen LogP contribution in [0.1, 0.15) is 18.2 Å². The van der Waals surface area contributed by atoms with E-state index in [1.54, 1.807) is 10.9 Å². The van der Waals surface area contributed by atoms with Crippen LogP contribution < -0.4 is 5.32 Å².